The molecule has 0 spiro atoms. The summed E-state index contributed by atoms with van der Waals surface area (Å²) in [5, 5.41) is 2.05. The van der Waals surface area contributed by atoms with Gasteiger partial charge in [0.2, 0.25) is 5.90 Å². The van der Waals surface area contributed by atoms with Crippen LogP contribution in [0.25, 0.3) is 0 Å². The number of hydrogen-bond donors (Lipinski definition) is 0. The molecule has 0 bridgehead atoms. The van der Waals surface area contributed by atoms with E-state index >= 15 is 0 Å². The maximum Gasteiger partial charge on any atom is 0.340 e. The zero-order valence-electron chi connectivity index (χ0n) is 13.4. The van der Waals surface area contributed by atoms with Crippen LogP contribution in [0.1, 0.15) is 60.8 Å². The third kappa shape index (κ3) is 2.88. The monoisotopic (exact) mass is 282 g/mol. The number of rotatable bonds is 3. The Bertz CT molecular complexity index is 422. The third-order valence-electron chi connectivity index (χ3n) is 4.11. The Labute approximate surface area is 121 Å². The molecule has 1 fully saturated rings. The van der Waals surface area contributed by atoms with Gasteiger partial charge in [0.05, 0.1) is 0 Å². The molecule has 0 saturated carbocycles. The second-order valence-corrected chi connectivity index (χ2v) is 7.50. The minimum absolute atomic E-state index is 0.0273. The summed E-state index contributed by atoms with van der Waals surface area (Å²) in [6.07, 6.45) is 3.38. The summed E-state index contributed by atoms with van der Waals surface area (Å²) in [6, 6.07) is 0. The molecule has 2 aliphatic heterocycles. The maximum absolute atomic E-state index is 11.6. The molecule has 0 radical (unpaired) electrons. The Hall–Kier alpha value is -0.940. The molecule has 5 nitrogen and oxygen atoms in total. The first-order valence-electron chi connectivity index (χ1n) is 7.29. The van der Waals surface area contributed by atoms with Crippen molar-refractivity contribution in [3.63, 3.8) is 0 Å². The van der Waals surface area contributed by atoms with E-state index in [0.29, 0.717) is 5.90 Å². The fraction of sp³-hybridized carbons (Fsp3) is 0.867. The van der Waals surface area contributed by atoms with Gasteiger partial charge in [-0.3, -0.25) is 4.84 Å². The van der Waals surface area contributed by atoms with Crippen LogP contribution in [-0.2, 0) is 14.4 Å². The SMILES string of the molecule is CC1(C)N=C(CON2C(C)(C)CCCC2(C)C)OC1=O. The molecule has 0 amide bonds. The van der Waals surface area contributed by atoms with E-state index in [2.05, 4.69) is 32.7 Å². The minimum atomic E-state index is -0.786. The summed E-state index contributed by atoms with van der Waals surface area (Å²) < 4.78 is 5.16. The summed E-state index contributed by atoms with van der Waals surface area (Å²) in [6.45, 7) is 12.4. The van der Waals surface area contributed by atoms with Crippen LogP contribution in [0.4, 0.5) is 0 Å². The summed E-state index contributed by atoms with van der Waals surface area (Å²) in [7, 11) is 0. The van der Waals surface area contributed by atoms with E-state index in [4.69, 9.17) is 9.57 Å². The van der Waals surface area contributed by atoms with E-state index in [9.17, 15) is 4.79 Å². The zero-order chi connectivity index (χ0) is 15.2. The van der Waals surface area contributed by atoms with Gasteiger partial charge in [-0.05, 0) is 60.8 Å². The zero-order valence-corrected chi connectivity index (χ0v) is 13.4. The average molecular weight is 282 g/mol. The van der Waals surface area contributed by atoms with Gasteiger partial charge in [-0.2, -0.15) is 5.06 Å². The highest BCUT2D eigenvalue weighted by atomic mass is 16.7. The standard InChI is InChI=1S/C15H26N2O3/c1-13(2)8-7-9-14(3,4)17(13)19-10-11-16-15(5,6)12(18)20-11/h7-10H2,1-6H3. The molecule has 114 valence electrons. The van der Waals surface area contributed by atoms with E-state index in [1.165, 1.54) is 6.42 Å². The van der Waals surface area contributed by atoms with Crippen LogP contribution < -0.4 is 0 Å². The average Bonchev–Trinajstić information content (AvgIpc) is 2.50. The van der Waals surface area contributed by atoms with Crippen molar-refractivity contribution >= 4 is 11.9 Å². The van der Waals surface area contributed by atoms with Crippen molar-refractivity contribution in [2.75, 3.05) is 6.61 Å². The molecule has 2 rings (SSSR count). The molecule has 2 aliphatic rings. The van der Waals surface area contributed by atoms with E-state index in [1.54, 1.807) is 13.8 Å². The van der Waals surface area contributed by atoms with Crippen LogP contribution in [0.5, 0.6) is 0 Å². The Morgan fingerprint density at radius 2 is 1.70 bits per heavy atom. The molecule has 5 heteroatoms. The number of nitrogens with zero attached hydrogens (tertiary/aromatic N) is 2. The minimum Gasteiger partial charge on any atom is -0.407 e. The van der Waals surface area contributed by atoms with Crippen molar-refractivity contribution in [2.45, 2.75) is 77.4 Å². The molecular weight excluding hydrogens is 256 g/mol. The summed E-state index contributed by atoms with van der Waals surface area (Å²) in [5.41, 5.74) is -0.841. The fourth-order valence-corrected chi connectivity index (χ4v) is 3.12. The van der Waals surface area contributed by atoms with Crippen LogP contribution in [0.15, 0.2) is 4.99 Å². The Morgan fingerprint density at radius 1 is 1.15 bits per heavy atom. The van der Waals surface area contributed by atoms with Crippen molar-refractivity contribution < 1.29 is 14.4 Å². The Balaban J connectivity index is 2.04. The van der Waals surface area contributed by atoms with Crippen molar-refractivity contribution in [3.8, 4) is 0 Å². The van der Waals surface area contributed by atoms with Crippen LogP contribution in [-0.4, -0.2) is 40.2 Å². The molecular formula is C15H26N2O3. The summed E-state index contributed by atoms with van der Waals surface area (Å²) >= 11 is 0. The Morgan fingerprint density at radius 3 is 2.15 bits per heavy atom. The highest BCUT2D eigenvalue weighted by Crippen LogP contribution is 2.38. The number of piperidine rings is 1. The molecule has 0 aliphatic carbocycles. The number of aliphatic imine (C=N–C) groups is 1. The van der Waals surface area contributed by atoms with Gasteiger partial charge < -0.3 is 4.74 Å². The highest BCUT2D eigenvalue weighted by Gasteiger charge is 2.43. The van der Waals surface area contributed by atoms with Crippen LogP contribution >= 0.6 is 0 Å². The number of hydroxylamine groups is 2. The van der Waals surface area contributed by atoms with E-state index in [1.807, 2.05) is 5.06 Å². The van der Waals surface area contributed by atoms with Gasteiger partial charge in [0.25, 0.3) is 0 Å². The quantitative estimate of drug-likeness (QED) is 0.747. The second-order valence-electron chi connectivity index (χ2n) is 7.50. The van der Waals surface area contributed by atoms with Gasteiger partial charge >= 0.3 is 5.97 Å². The lowest BCUT2D eigenvalue weighted by molar-refractivity contribution is -0.272. The number of carbonyl (C=O) groups excluding carboxylic acids is 1. The topological polar surface area (TPSA) is 51.1 Å². The van der Waals surface area contributed by atoms with Crippen molar-refractivity contribution in [2.24, 2.45) is 4.99 Å². The van der Waals surface area contributed by atoms with Crippen LogP contribution in [0.2, 0.25) is 0 Å². The molecule has 0 aromatic heterocycles. The highest BCUT2D eigenvalue weighted by molar-refractivity contribution is 5.99. The number of hydrogen-bond acceptors (Lipinski definition) is 5. The molecule has 1 saturated heterocycles. The lowest BCUT2D eigenvalue weighted by Gasteiger charge is -2.51. The first kappa shape index (κ1) is 15.4. The number of carbonyl (C=O) groups is 1. The maximum atomic E-state index is 11.6. The molecule has 0 aromatic carbocycles. The molecule has 2 heterocycles. The largest absolute Gasteiger partial charge is 0.407 e. The number of ether oxygens (including phenoxy) is 1. The third-order valence-corrected chi connectivity index (χ3v) is 4.11. The van der Waals surface area contributed by atoms with Gasteiger partial charge in [0.15, 0.2) is 5.54 Å². The lowest BCUT2D eigenvalue weighted by atomic mass is 9.82. The summed E-state index contributed by atoms with van der Waals surface area (Å²) in [5.74, 6) is 0.0606. The smallest absolute Gasteiger partial charge is 0.340 e. The van der Waals surface area contributed by atoms with Crippen molar-refractivity contribution in [1.82, 2.24) is 5.06 Å². The van der Waals surface area contributed by atoms with E-state index in [0.717, 1.165) is 12.8 Å². The Kier molecular flexibility index (Phi) is 3.71. The molecule has 20 heavy (non-hydrogen) atoms. The van der Waals surface area contributed by atoms with E-state index in [-0.39, 0.29) is 23.7 Å². The molecule has 0 atom stereocenters. The van der Waals surface area contributed by atoms with Gasteiger partial charge in [-0.25, -0.2) is 9.79 Å². The van der Waals surface area contributed by atoms with Crippen LogP contribution in [0.3, 0.4) is 0 Å². The van der Waals surface area contributed by atoms with Gasteiger partial charge in [0.1, 0.15) is 6.61 Å². The second kappa shape index (κ2) is 4.81. The van der Waals surface area contributed by atoms with Crippen molar-refractivity contribution in [1.29, 1.82) is 0 Å². The van der Waals surface area contributed by atoms with Gasteiger partial charge in [-0.15, -0.1) is 0 Å². The molecule has 0 unspecified atom stereocenters. The van der Waals surface area contributed by atoms with Gasteiger partial charge in [-0.1, -0.05) is 0 Å². The molecule has 0 N–H and O–H groups in total. The predicted molar refractivity (Wildman–Crippen MR) is 77.4 cm³/mol. The van der Waals surface area contributed by atoms with E-state index < -0.39 is 5.54 Å². The predicted octanol–water partition coefficient (Wildman–Crippen LogP) is 2.70. The van der Waals surface area contributed by atoms with Crippen molar-refractivity contribution in [3.05, 3.63) is 0 Å². The lowest BCUT2D eigenvalue weighted by Crippen LogP contribution is -2.58. The van der Waals surface area contributed by atoms with Crippen LogP contribution in [0, 0.1) is 0 Å². The normalized spacial score (nSPS) is 28.1. The first-order valence-corrected chi connectivity index (χ1v) is 7.29. The summed E-state index contributed by atoms with van der Waals surface area (Å²) in [4.78, 5) is 21.8. The molecule has 0 aromatic rings. The van der Waals surface area contributed by atoms with Gasteiger partial charge in [0, 0.05) is 11.1 Å². The number of esters is 1. The number of cyclic esters (lactones) is 1. The fourth-order valence-electron chi connectivity index (χ4n) is 3.12. The first-order chi connectivity index (χ1) is 9.05.